The number of halogens is 1. The van der Waals surface area contributed by atoms with Gasteiger partial charge in [-0.1, -0.05) is 23.7 Å². The van der Waals surface area contributed by atoms with E-state index < -0.39 is 0 Å². The molecule has 3 aromatic rings. The van der Waals surface area contributed by atoms with Crippen molar-refractivity contribution in [3.63, 3.8) is 0 Å². The molecule has 3 nitrogen and oxygen atoms in total. The van der Waals surface area contributed by atoms with Crippen LogP contribution < -0.4 is 4.74 Å². The van der Waals surface area contributed by atoms with Crippen molar-refractivity contribution >= 4 is 22.6 Å². The summed E-state index contributed by atoms with van der Waals surface area (Å²) in [6.45, 7) is 2.79. The maximum absolute atomic E-state index is 5.91. The maximum atomic E-state index is 5.91. The van der Waals surface area contributed by atoms with Crippen LogP contribution in [0.5, 0.6) is 5.75 Å². The number of ether oxygens (including phenoxy) is 1. The molecule has 0 bridgehead atoms. The van der Waals surface area contributed by atoms with E-state index in [4.69, 9.17) is 16.3 Å². The zero-order valence-corrected chi connectivity index (χ0v) is 12.2. The number of imidazole rings is 1. The van der Waals surface area contributed by atoms with Gasteiger partial charge >= 0.3 is 0 Å². The van der Waals surface area contributed by atoms with Crippen molar-refractivity contribution < 1.29 is 4.74 Å². The highest BCUT2D eigenvalue weighted by atomic mass is 35.5. The lowest BCUT2D eigenvalue weighted by Crippen LogP contribution is -1.98. The Kier molecular flexibility index (Phi) is 3.36. The van der Waals surface area contributed by atoms with Gasteiger partial charge < -0.3 is 9.30 Å². The molecule has 0 aliphatic rings. The summed E-state index contributed by atoms with van der Waals surface area (Å²) < 4.78 is 7.50. The van der Waals surface area contributed by atoms with Crippen molar-refractivity contribution in [2.24, 2.45) is 0 Å². The van der Waals surface area contributed by atoms with Gasteiger partial charge in [-0.15, -0.1) is 0 Å². The average molecular weight is 287 g/mol. The summed E-state index contributed by atoms with van der Waals surface area (Å²) in [5, 5.41) is 0.751. The van der Waals surface area contributed by atoms with Crippen LogP contribution in [0.2, 0.25) is 5.02 Å². The van der Waals surface area contributed by atoms with E-state index in [1.54, 1.807) is 7.11 Å². The Hall–Kier alpha value is -2.00. The largest absolute Gasteiger partial charge is 0.496 e. The molecule has 0 aliphatic heterocycles. The minimum absolute atomic E-state index is 0.751. The predicted octanol–water partition coefficient (Wildman–Crippen LogP) is 4.06. The molecule has 0 saturated carbocycles. The van der Waals surface area contributed by atoms with Crippen LogP contribution >= 0.6 is 11.6 Å². The Labute approximate surface area is 122 Å². The van der Waals surface area contributed by atoms with Crippen molar-refractivity contribution in [2.45, 2.75) is 13.5 Å². The minimum atomic E-state index is 0.751. The number of benzene rings is 2. The molecule has 0 saturated heterocycles. The fraction of sp³-hybridized carbons (Fsp3) is 0.188. The van der Waals surface area contributed by atoms with Crippen molar-refractivity contribution in [2.75, 3.05) is 7.11 Å². The number of rotatable bonds is 3. The molecule has 102 valence electrons. The molecule has 2 aromatic carbocycles. The van der Waals surface area contributed by atoms with Crippen LogP contribution in [0.4, 0.5) is 0 Å². The quantitative estimate of drug-likeness (QED) is 0.726. The Morgan fingerprint density at radius 2 is 1.95 bits per heavy atom. The number of hydrogen-bond donors (Lipinski definition) is 0. The second-order valence-electron chi connectivity index (χ2n) is 4.81. The molecule has 3 rings (SSSR count). The second kappa shape index (κ2) is 5.17. The predicted molar refractivity (Wildman–Crippen MR) is 81.6 cm³/mol. The number of nitrogens with zero attached hydrogens (tertiary/aromatic N) is 2. The molecule has 20 heavy (non-hydrogen) atoms. The van der Waals surface area contributed by atoms with Crippen LogP contribution in [0.3, 0.4) is 0 Å². The molecule has 0 spiro atoms. The van der Waals surface area contributed by atoms with E-state index in [0.717, 1.165) is 33.9 Å². The number of fused-ring (bicyclic) bond motifs is 1. The van der Waals surface area contributed by atoms with Crippen LogP contribution in [0, 0.1) is 6.92 Å². The van der Waals surface area contributed by atoms with E-state index >= 15 is 0 Å². The van der Waals surface area contributed by atoms with E-state index in [2.05, 4.69) is 9.55 Å². The molecule has 1 aromatic heterocycles. The van der Waals surface area contributed by atoms with Gasteiger partial charge in [0.2, 0.25) is 0 Å². The van der Waals surface area contributed by atoms with Crippen molar-refractivity contribution in [1.82, 2.24) is 9.55 Å². The van der Waals surface area contributed by atoms with Gasteiger partial charge in [0.15, 0.2) is 0 Å². The van der Waals surface area contributed by atoms with Crippen LogP contribution in [-0.2, 0) is 6.54 Å². The summed E-state index contributed by atoms with van der Waals surface area (Å²) in [5.74, 6) is 0.885. The van der Waals surface area contributed by atoms with Crippen LogP contribution in [-0.4, -0.2) is 16.7 Å². The standard InChI is InChI=1S/C16H15ClN2O/c1-11-7-14-15(8-16(11)20-2)19(10-18-14)9-12-3-5-13(17)6-4-12/h3-8,10H,9H2,1-2H3. The second-order valence-corrected chi connectivity index (χ2v) is 5.25. The summed E-state index contributed by atoms with van der Waals surface area (Å²) in [6.07, 6.45) is 1.86. The molecule has 0 fully saturated rings. The maximum Gasteiger partial charge on any atom is 0.124 e. The third-order valence-electron chi connectivity index (χ3n) is 3.40. The number of hydrogen-bond acceptors (Lipinski definition) is 2. The van der Waals surface area contributed by atoms with E-state index in [1.807, 2.05) is 49.6 Å². The number of methoxy groups -OCH3 is 1. The first-order valence-corrected chi connectivity index (χ1v) is 6.79. The molecule has 0 amide bonds. The van der Waals surface area contributed by atoms with Crippen molar-refractivity contribution in [3.05, 3.63) is 58.9 Å². The first kappa shape index (κ1) is 13.0. The SMILES string of the molecule is COc1cc2c(cc1C)ncn2Cc1ccc(Cl)cc1. The Bertz CT molecular complexity index is 747. The van der Waals surface area contributed by atoms with Crippen molar-refractivity contribution in [1.29, 1.82) is 0 Å². The first-order valence-electron chi connectivity index (χ1n) is 6.41. The monoisotopic (exact) mass is 286 g/mol. The Morgan fingerprint density at radius 1 is 1.20 bits per heavy atom. The molecule has 0 aliphatic carbocycles. The summed E-state index contributed by atoms with van der Waals surface area (Å²) >= 11 is 5.91. The average Bonchev–Trinajstić information content (AvgIpc) is 2.82. The van der Waals surface area contributed by atoms with E-state index in [0.29, 0.717) is 0 Å². The van der Waals surface area contributed by atoms with Crippen LogP contribution in [0.15, 0.2) is 42.7 Å². The van der Waals surface area contributed by atoms with Crippen LogP contribution in [0.25, 0.3) is 11.0 Å². The third kappa shape index (κ3) is 2.37. The third-order valence-corrected chi connectivity index (χ3v) is 3.66. The Morgan fingerprint density at radius 3 is 2.65 bits per heavy atom. The number of aromatic nitrogens is 2. The summed E-state index contributed by atoms with van der Waals surface area (Å²) in [5.41, 5.74) is 4.34. The molecule has 0 unspecified atom stereocenters. The summed E-state index contributed by atoms with van der Waals surface area (Å²) in [6, 6.07) is 11.9. The zero-order valence-electron chi connectivity index (χ0n) is 11.4. The lowest BCUT2D eigenvalue weighted by Gasteiger charge is -2.08. The van der Waals surface area contributed by atoms with Gasteiger partial charge in [-0.3, -0.25) is 0 Å². The molecule has 4 heteroatoms. The normalized spacial score (nSPS) is 10.9. The summed E-state index contributed by atoms with van der Waals surface area (Å²) in [7, 11) is 1.69. The molecular formula is C16H15ClN2O. The lowest BCUT2D eigenvalue weighted by atomic mass is 10.2. The van der Waals surface area contributed by atoms with Gasteiger partial charge in [-0.25, -0.2) is 4.98 Å². The van der Waals surface area contributed by atoms with Gasteiger partial charge in [0.1, 0.15) is 5.75 Å². The molecule has 0 atom stereocenters. The van der Waals surface area contributed by atoms with E-state index in [-0.39, 0.29) is 0 Å². The highest BCUT2D eigenvalue weighted by molar-refractivity contribution is 6.30. The highest BCUT2D eigenvalue weighted by Crippen LogP contribution is 2.25. The van der Waals surface area contributed by atoms with Gasteiger partial charge in [-0.05, 0) is 36.2 Å². The van der Waals surface area contributed by atoms with Crippen molar-refractivity contribution in [3.8, 4) is 5.75 Å². The molecule has 0 radical (unpaired) electrons. The van der Waals surface area contributed by atoms with Gasteiger partial charge in [0, 0.05) is 17.6 Å². The van der Waals surface area contributed by atoms with Gasteiger partial charge in [0.25, 0.3) is 0 Å². The Balaban J connectivity index is 2.01. The fourth-order valence-electron chi connectivity index (χ4n) is 2.32. The smallest absolute Gasteiger partial charge is 0.124 e. The van der Waals surface area contributed by atoms with E-state index in [9.17, 15) is 0 Å². The van der Waals surface area contributed by atoms with Gasteiger partial charge in [0.05, 0.1) is 24.5 Å². The summed E-state index contributed by atoms with van der Waals surface area (Å²) in [4.78, 5) is 4.45. The zero-order chi connectivity index (χ0) is 14.1. The lowest BCUT2D eigenvalue weighted by molar-refractivity contribution is 0.412. The molecule has 1 heterocycles. The topological polar surface area (TPSA) is 27.1 Å². The minimum Gasteiger partial charge on any atom is -0.496 e. The van der Waals surface area contributed by atoms with Gasteiger partial charge in [-0.2, -0.15) is 0 Å². The first-order chi connectivity index (χ1) is 9.67. The number of aryl methyl sites for hydroxylation is 1. The fourth-order valence-corrected chi connectivity index (χ4v) is 2.45. The van der Waals surface area contributed by atoms with Crippen LogP contribution in [0.1, 0.15) is 11.1 Å². The molecule has 0 N–H and O–H groups in total. The van der Waals surface area contributed by atoms with E-state index in [1.165, 1.54) is 5.56 Å². The molecular weight excluding hydrogens is 272 g/mol. The highest BCUT2D eigenvalue weighted by Gasteiger charge is 2.07.